The molecular formula is C14H10N2O3. The lowest BCUT2D eigenvalue weighted by Crippen LogP contribution is -2.16. The smallest absolute Gasteiger partial charge is 0.262 e. The quantitative estimate of drug-likeness (QED) is 0.820. The van der Waals surface area contributed by atoms with Crippen LogP contribution in [0.1, 0.15) is 39.4 Å². The van der Waals surface area contributed by atoms with Crippen LogP contribution in [0, 0.1) is 0 Å². The predicted molar refractivity (Wildman–Crippen MR) is 66.8 cm³/mol. The number of benzene rings is 1. The number of aromatic nitrogens is 2. The van der Waals surface area contributed by atoms with Crippen molar-refractivity contribution in [1.29, 1.82) is 0 Å². The highest BCUT2D eigenvalue weighted by atomic mass is 16.5. The molecule has 94 valence electrons. The molecule has 0 unspecified atom stereocenters. The predicted octanol–water partition coefficient (Wildman–Crippen LogP) is 2.09. The first kappa shape index (κ1) is 11.5. The first-order chi connectivity index (χ1) is 9.20. The molecule has 0 N–H and O–H groups in total. The Hall–Kier alpha value is -2.56. The van der Waals surface area contributed by atoms with Crippen LogP contribution in [0.5, 0.6) is 0 Å². The van der Waals surface area contributed by atoms with E-state index in [0.29, 0.717) is 23.4 Å². The zero-order chi connectivity index (χ0) is 13.4. The number of carbonyl (C=O) groups excluding carboxylic acids is 2. The van der Waals surface area contributed by atoms with Crippen molar-refractivity contribution in [1.82, 2.24) is 10.1 Å². The molecule has 1 aromatic heterocycles. The van der Waals surface area contributed by atoms with Crippen LogP contribution in [0.2, 0.25) is 0 Å². The van der Waals surface area contributed by atoms with Crippen LogP contribution < -0.4 is 0 Å². The first-order valence-corrected chi connectivity index (χ1v) is 5.93. The summed E-state index contributed by atoms with van der Waals surface area (Å²) in [5.74, 6) is 0.127. The van der Waals surface area contributed by atoms with Crippen LogP contribution in [0.4, 0.5) is 0 Å². The molecule has 0 bridgehead atoms. The van der Waals surface area contributed by atoms with Gasteiger partial charge in [-0.05, 0) is 0 Å². The molecule has 3 rings (SSSR count). The Morgan fingerprint density at radius 2 is 1.89 bits per heavy atom. The monoisotopic (exact) mass is 254 g/mol. The van der Waals surface area contributed by atoms with Crippen LogP contribution in [0.15, 0.2) is 34.9 Å². The van der Waals surface area contributed by atoms with Crippen LogP contribution in [-0.4, -0.2) is 21.7 Å². The highest BCUT2D eigenvalue weighted by Gasteiger charge is 2.29. The summed E-state index contributed by atoms with van der Waals surface area (Å²) in [4.78, 5) is 28.4. The Kier molecular flexibility index (Phi) is 2.59. The van der Waals surface area contributed by atoms with Gasteiger partial charge < -0.3 is 4.52 Å². The summed E-state index contributed by atoms with van der Waals surface area (Å²) in [5.41, 5.74) is 0.948. The number of hydrogen-bond donors (Lipinski definition) is 0. The van der Waals surface area contributed by atoms with Gasteiger partial charge in [0.1, 0.15) is 0 Å². The lowest BCUT2D eigenvalue weighted by atomic mass is 9.89. The molecule has 1 heterocycles. The molecule has 5 heteroatoms. The van der Waals surface area contributed by atoms with Gasteiger partial charge in [-0.25, -0.2) is 0 Å². The normalized spacial score (nSPS) is 14.3. The fourth-order valence-corrected chi connectivity index (χ4v) is 1.98. The third-order valence-electron chi connectivity index (χ3n) is 2.97. The number of hydrogen-bond acceptors (Lipinski definition) is 5. The molecule has 0 saturated carbocycles. The molecule has 0 spiro atoms. The van der Waals surface area contributed by atoms with Gasteiger partial charge in [-0.1, -0.05) is 36.3 Å². The maximum Gasteiger partial charge on any atom is 0.262 e. The van der Waals surface area contributed by atoms with Crippen molar-refractivity contribution in [2.24, 2.45) is 0 Å². The summed E-state index contributed by atoms with van der Waals surface area (Å²) in [7, 11) is 0. The van der Waals surface area contributed by atoms with Crippen LogP contribution in [0.25, 0.3) is 5.57 Å². The number of Topliss-reactive ketones (excluding diaryl/α,β-unsaturated/α-hetero) is 1. The molecule has 0 aliphatic heterocycles. The minimum Gasteiger partial charge on any atom is -0.334 e. The van der Waals surface area contributed by atoms with E-state index in [-0.39, 0.29) is 23.0 Å². The van der Waals surface area contributed by atoms with E-state index in [1.54, 1.807) is 24.3 Å². The number of carbonyl (C=O) groups is 2. The Morgan fingerprint density at radius 1 is 1.16 bits per heavy atom. The van der Waals surface area contributed by atoms with E-state index in [4.69, 9.17) is 4.52 Å². The summed E-state index contributed by atoms with van der Waals surface area (Å²) in [6, 6.07) is 6.71. The number of aryl methyl sites for hydroxylation is 1. The fourth-order valence-electron chi connectivity index (χ4n) is 1.98. The summed E-state index contributed by atoms with van der Waals surface area (Å²) in [5, 5.41) is 3.73. The summed E-state index contributed by atoms with van der Waals surface area (Å²) in [6.45, 7) is 1.88. The number of ketones is 2. The Morgan fingerprint density at radius 3 is 2.58 bits per heavy atom. The SMILES string of the molecule is CCc1noc(C2=CC(=O)c3ccccc3C2=O)n1. The van der Waals surface area contributed by atoms with E-state index in [1.165, 1.54) is 6.08 Å². The average molecular weight is 254 g/mol. The van der Waals surface area contributed by atoms with Gasteiger partial charge >= 0.3 is 0 Å². The lowest BCUT2D eigenvalue weighted by molar-refractivity contribution is 0.0999. The van der Waals surface area contributed by atoms with Crippen molar-refractivity contribution < 1.29 is 14.1 Å². The highest BCUT2D eigenvalue weighted by Crippen LogP contribution is 2.26. The number of fused-ring (bicyclic) bond motifs is 1. The van der Waals surface area contributed by atoms with Gasteiger partial charge in [0.05, 0.1) is 5.57 Å². The minimum atomic E-state index is -0.262. The molecule has 5 nitrogen and oxygen atoms in total. The zero-order valence-electron chi connectivity index (χ0n) is 10.2. The van der Waals surface area contributed by atoms with Crippen molar-refractivity contribution in [3.63, 3.8) is 0 Å². The third-order valence-corrected chi connectivity index (χ3v) is 2.97. The lowest BCUT2D eigenvalue weighted by Gasteiger charge is -2.11. The van der Waals surface area contributed by atoms with Crippen molar-refractivity contribution in [3.05, 3.63) is 53.2 Å². The fraction of sp³-hybridized carbons (Fsp3) is 0.143. The van der Waals surface area contributed by atoms with E-state index >= 15 is 0 Å². The topological polar surface area (TPSA) is 73.1 Å². The van der Waals surface area contributed by atoms with Gasteiger partial charge in [0.25, 0.3) is 5.89 Å². The molecule has 1 aromatic carbocycles. The first-order valence-electron chi connectivity index (χ1n) is 5.93. The van der Waals surface area contributed by atoms with Crippen LogP contribution in [0.3, 0.4) is 0 Å². The number of rotatable bonds is 2. The van der Waals surface area contributed by atoms with E-state index < -0.39 is 0 Å². The zero-order valence-corrected chi connectivity index (χ0v) is 10.2. The molecule has 2 aromatic rings. The Labute approximate surface area is 108 Å². The van der Waals surface area contributed by atoms with Gasteiger partial charge in [-0.15, -0.1) is 0 Å². The van der Waals surface area contributed by atoms with Crippen molar-refractivity contribution in [3.8, 4) is 0 Å². The largest absolute Gasteiger partial charge is 0.334 e. The standard InChI is InChI=1S/C14H10N2O3/c1-2-12-15-14(19-16-12)10-7-11(17)8-5-3-4-6-9(8)13(10)18/h3-7H,2H2,1H3. The highest BCUT2D eigenvalue weighted by molar-refractivity contribution is 6.37. The molecule has 0 radical (unpaired) electrons. The van der Waals surface area contributed by atoms with Crippen molar-refractivity contribution in [2.75, 3.05) is 0 Å². The van der Waals surface area contributed by atoms with E-state index in [1.807, 2.05) is 6.92 Å². The molecule has 0 amide bonds. The maximum absolute atomic E-state index is 12.3. The molecular weight excluding hydrogens is 244 g/mol. The number of allylic oxidation sites excluding steroid dienone is 2. The van der Waals surface area contributed by atoms with Gasteiger partial charge in [-0.3, -0.25) is 9.59 Å². The second kappa shape index (κ2) is 4.28. The van der Waals surface area contributed by atoms with E-state index in [9.17, 15) is 9.59 Å². The number of nitrogens with zero attached hydrogens (tertiary/aromatic N) is 2. The summed E-state index contributed by atoms with van der Waals surface area (Å²) >= 11 is 0. The van der Waals surface area contributed by atoms with Gasteiger partial charge in [0, 0.05) is 23.6 Å². The van der Waals surface area contributed by atoms with Crippen LogP contribution >= 0.6 is 0 Å². The maximum atomic E-state index is 12.3. The Balaban J connectivity index is 2.10. The molecule has 0 saturated heterocycles. The Bertz CT molecular complexity index is 713. The second-order valence-corrected chi connectivity index (χ2v) is 4.17. The molecule has 0 fully saturated rings. The molecule has 19 heavy (non-hydrogen) atoms. The van der Waals surface area contributed by atoms with Crippen molar-refractivity contribution in [2.45, 2.75) is 13.3 Å². The minimum absolute atomic E-state index is 0.102. The summed E-state index contributed by atoms with van der Waals surface area (Å²) in [6.07, 6.45) is 1.87. The second-order valence-electron chi connectivity index (χ2n) is 4.17. The van der Waals surface area contributed by atoms with Crippen LogP contribution in [-0.2, 0) is 6.42 Å². The van der Waals surface area contributed by atoms with Gasteiger partial charge in [-0.2, -0.15) is 4.98 Å². The average Bonchev–Trinajstić information content (AvgIpc) is 2.91. The summed E-state index contributed by atoms with van der Waals surface area (Å²) < 4.78 is 5.03. The molecule has 1 aliphatic rings. The van der Waals surface area contributed by atoms with E-state index in [2.05, 4.69) is 10.1 Å². The molecule has 0 atom stereocenters. The molecule has 1 aliphatic carbocycles. The third kappa shape index (κ3) is 1.79. The van der Waals surface area contributed by atoms with Crippen molar-refractivity contribution >= 4 is 17.1 Å². The van der Waals surface area contributed by atoms with Gasteiger partial charge in [0.2, 0.25) is 0 Å². The van der Waals surface area contributed by atoms with Gasteiger partial charge in [0.15, 0.2) is 17.4 Å². The van der Waals surface area contributed by atoms with E-state index in [0.717, 1.165) is 0 Å².